The third kappa shape index (κ3) is 8.29. The molecule has 0 amide bonds. The summed E-state index contributed by atoms with van der Waals surface area (Å²) >= 11 is 1.78. The fraction of sp³-hybridized carbons (Fsp3) is 0.500. The molecule has 2 aromatic rings. The highest BCUT2D eigenvalue weighted by molar-refractivity contribution is 7.11. The first-order valence-electron chi connectivity index (χ1n) is 12.2. The summed E-state index contributed by atoms with van der Waals surface area (Å²) in [4.78, 5) is 3.83. The van der Waals surface area contributed by atoms with Crippen molar-refractivity contribution in [1.82, 2.24) is 0 Å². The van der Waals surface area contributed by atoms with Gasteiger partial charge in [0, 0.05) is 34.6 Å². The number of allylic oxidation sites excluding steroid dienone is 2. The molecule has 0 radical (unpaired) electrons. The SMILES string of the molecule is CCCCN(CCCC)c1ccc(/C=C/C=C/c2scc(O[SiH](C)C)c2C(C)(C)C)cc1. The first kappa shape index (κ1) is 26.5. The van der Waals surface area contributed by atoms with E-state index in [-0.39, 0.29) is 5.41 Å². The van der Waals surface area contributed by atoms with E-state index in [0.29, 0.717) is 0 Å². The molecule has 1 heterocycles. The summed E-state index contributed by atoms with van der Waals surface area (Å²) in [6.07, 6.45) is 13.7. The van der Waals surface area contributed by atoms with Crippen LogP contribution < -0.4 is 9.33 Å². The number of anilines is 1. The van der Waals surface area contributed by atoms with Gasteiger partial charge in [-0.05, 0) is 55.1 Å². The molecule has 1 aromatic carbocycles. The van der Waals surface area contributed by atoms with Gasteiger partial charge in [-0.15, -0.1) is 11.3 Å². The predicted molar refractivity (Wildman–Crippen MR) is 149 cm³/mol. The zero-order valence-electron chi connectivity index (χ0n) is 21.3. The van der Waals surface area contributed by atoms with E-state index in [4.69, 9.17) is 4.43 Å². The fourth-order valence-corrected chi connectivity index (χ4v) is 5.61. The molecule has 0 aliphatic carbocycles. The van der Waals surface area contributed by atoms with E-state index >= 15 is 0 Å². The lowest BCUT2D eigenvalue weighted by molar-refractivity contribution is 0.524. The number of thiophene rings is 1. The van der Waals surface area contributed by atoms with Gasteiger partial charge in [0.2, 0.25) is 9.04 Å². The molecule has 0 atom stereocenters. The van der Waals surface area contributed by atoms with Gasteiger partial charge < -0.3 is 9.33 Å². The van der Waals surface area contributed by atoms with Crippen LogP contribution in [0.3, 0.4) is 0 Å². The molecule has 0 unspecified atom stereocenters. The van der Waals surface area contributed by atoms with Crippen LogP contribution in [0, 0.1) is 0 Å². The van der Waals surface area contributed by atoms with E-state index in [2.05, 4.69) is 107 Å². The van der Waals surface area contributed by atoms with Crippen LogP contribution in [0.2, 0.25) is 13.1 Å². The maximum atomic E-state index is 6.20. The highest BCUT2D eigenvalue weighted by Crippen LogP contribution is 2.40. The lowest BCUT2D eigenvalue weighted by atomic mass is 9.86. The van der Waals surface area contributed by atoms with Crippen molar-refractivity contribution in [2.75, 3.05) is 18.0 Å². The van der Waals surface area contributed by atoms with Crippen LogP contribution in [0.25, 0.3) is 12.2 Å². The highest BCUT2D eigenvalue weighted by atomic mass is 32.1. The van der Waals surface area contributed by atoms with Gasteiger partial charge in [0.15, 0.2) is 0 Å². The Hall–Kier alpha value is -1.78. The van der Waals surface area contributed by atoms with Gasteiger partial charge in [-0.25, -0.2) is 0 Å². The van der Waals surface area contributed by atoms with Crippen molar-refractivity contribution in [3.8, 4) is 5.75 Å². The van der Waals surface area contributed by atoms with Crippen LogP contribution >= 0.6 is 11.3 Å². The summed E-state index contributed by atoms with van der Waals surface area (Å²) in [5, 5.41) is 2.18. The molecule has 2 rings (SSSR count). The summed E-state index contributed by atoms with van der Waals surface area (Å²) in [5.41, 5.74) is 3.98. The van der Waals surface area contributed by atoms with Crippen molar-refractivity contribution in [2.24, 2.45) is 0 Å². The van der Waals surface area contributed by atoms with Crippen molar-refractivity contribution in [3.63, 3.8) is 0 Å². The molecule has 0 saturated heterocycles. The predicted octanol–water partition coefficient (Wildman–Crippen LogP) is 8.54. The third-order valence-corrected chi connectivity index (χ3v) is 7.02. The number of hydrogen-bond donors (Lipinski definition) is 0. The molecule has 4 heteroatoms. The van der Waals surface area contributed by atoms with Crippen LogP contribution in [0.1, 0.15) is 76.3 Å². The minimum absolute atomic E-state index is 0.0687. The number of rotatable bonds is 12. The average molecular weight is 470 g/mol. The third-order valence-electron chi connectivity index (χ3n) is 5.37. The summed E-state index contributed by atoms with van der Waals surface area (Å²) in [5.74, 6) is 1.08. The number of nitrogens with zero attached hydrogens (tertiary/aromatic N) is 1. The maximum absolute atomic E-state index is 6.20. The topological polar surface area (TPSA) is 12.5 Å². The Morgan fingerprint density at radius 2 is 1.53 bits per heavy atom. The minimum Gasteiger partial charge on any atom is -0.546 e. The lowest BCUT2D eigenvalue weighted by Gasteiger charge is -2.24. The second kappa shape index (κ2) is 13.1. The van der Waals surface area contributed by atoms with Crippen LogP contribution in [-0.4, -0.2) is 22.1 Å². The molecular formula is C28H43NOSSi. The first-order chi connectivity index (χ1) is 15.3. The lowest BCUT2D eigenvalue weighted by Crippen LogP contribution is -2.25. The normalized spacial score (nSPS) is 12.4. The van der Waals surface area contributed by atoms with Crippen LogP contribution in [0.15, 0.2) is 41.8 Å². The Bertz CT molecular complexity index is 851. The zero-order chi connectivity index (χ0) is 23.6. The van der Waals surface area contributed by atoms with Crippen molar-refractivity contribution in [3.05, 3.63) is 57.8 Å². The number of unbranched alkanes of at least 4 members (excludes halogenated alkanes) is 2. The van der Waals surface area contributed by atoms with E-state index in [1.165, 1.54) is 47.4 Å². The van der Waals surface area contributed by atoms with Crippen molar-refractivity contribution in [1.29, 1.82) is 0 Å². The van der Waals surface area contributed by atoms with Gasteiger partial charge >= 0.3 is 0 Å². The molecule has 0 N–H and O–H groups in total. The van der Waals surface area contributed by atoms with Crippen LogP contribution in [0.5, 0.6) is 5.75 Å². The molecule has 0 aliphatic heterocycles. The smallest absolute Gasteiger partial charge is 0.229 e. The van der Waals surface area contributed by atoms with Gasteiger partial charge in [-0.3, -0.25) is 0 Å². The van der Waals surface area contributed by atoms with E-state index < -0.39 is 9.04 Å². The standard InChI is InChI=1S/C28H43NOSSi/c1-8-10-20-29(21-11-9-2)24-18-16-23(17-19-24)14-12-13-15-26-27(28(3,4)5)25(22-31-26)30-32(6)7/h12-19,22,32H,8-11,20-21H2,1-7H3/b14-12+,15-13+. The van der Waals surface area contributed by atoms with E-state index in [9.17, 15) is 0 Å². The molecule has 0 saturated carbocycles. The van der Waals surface area contributed by atoms with Gasteiger partial charge in [-0.1, -0.05) is 77.8 Å². The number of benzene rings is 1. The van der Waals surface area contributed by atoms with Crippen molar-refractivity contribution in [2.45, 2.75) is 78.8 Å². The summed E-state index contributed by atoms with van der Waals surface area (Å²) in [6.45, 7) is 18.1. The van der Waals surface area contributed by atoms with Crippen LogP contribution in [-0.2, 0) is 5.41 Å². The minimum atomic E-state index is -1.12. The van der Waals surface area contributed by atoms with Crippen molar-refractivity contribution >= 4 is 38.2 Å². The molecule has 2 nitrogen and oxygen atoms in total. The van der Waals surface area contributed by atoms with E-state index in [0.717, 1.165) is 18.8 Å². The van der Waals surface area contributed by atoms with Gasteiger partial charge in [-0.2, -0.15) is 0 Å². The summed E-state index contributed by atoms with van der Waals surface area (Å²) in [6, 6.07) is 9.00. The number of hydrogen-bond acceptors (Lipinski definition) is 3. The average Bonchev–Trinajstić information content (AvgIpc) is 3.14. The highest BCUT2D eigenvalue weighted by Gasteiger charge is 2.24. The Kier molecular flexibility index (Phi) is 10.8. The Labute approximate surface area is 202 Å². The fourth-order valence-electron chi connectivity index (χ4n) is 3.73. The summed E-state index contributed by atoms with van der Waals surface area (Å²) < 4.78 is 6.20. The summed E-state index contributed by atoms with van der Waals surface area (Å²) in [7, 11) is -1.12. The Balaban J connectivity index is 2.09. The molecule has 0 spiro atoms. The van der Waals surface area contributed by atoms with Crippen LogP contribution in [0.4, 0.5) is 5.69 Å². The zero-order valence-corrected chi connectivity index (χ0v) is 23.3. The molecule has 1 aromatic heterocycles. The molecule has 176 valence electrons. The van der Waals surface area contributed by atoms with Gasteiger partial charge in [0.1, 0.15) is 5.75 Å². The largest absolute Gasteiger partial charge is 0.546 e. The molecular weight excluding hydrogens is 426 g/mol. The first-order valence-corrected chi connectivity index (χ1v) is 15.9. The monoisotopic (exact) mass is 469 g/mol. The Morgan fingerprint density at radius 3 is 2.06 bits per heavy atom. The van der Waals surface area contributed by atoms with Gasteiger partial charge in [0.05, 0.1) is 0 Å². The second-order valence-corrected chi connectivity index (χ2v) is 13.0. The molecule has 0 fully saturated rings. The van der Waals surface area contributed by atoms with Crippen molar-refractivity contribution < 1.29 is 4.43 Å². The van der Waals surface area contributed by atoms with E-state index in [1.807, 2.05) is 0 Å². The second-order valence-electron chi connectivity index (χ2n) is 9.76. The van der Waals surface area contributed by atoms with E-state index in [1.54, 1.807) is 11.3 Å². The maximum Gasteiger partial charge on any atom is 0.229 e. The molecule has 0 aliphatic rings. The quantitative estimate of drug-likeness (QED) is 0.228. The Morgan fingerprint density at radius 1 is 0.938 bits per heavy atom. The molecule has 32 heavy (non-hydrogen) atoms. The molecule has 0 bridgehead atoms. The van der Waals surface area contributed by atoms with Gasteiger partial charge in [0.25, 0.3) is 0 Å².